The number of carbonyl (C=O) groups excluding carboxylic acids is 1. The lowest BCUT2D eigenvalue weighted by molar-refractivity contribution is 0.102. The van der Waals surface area contributed by atoms with Crippen LogP contribution >= 0.6 is 22.9 Å². The van der Waals surface area contributed by atoms with Crippen molar-refractivity contribution < 1.29 is 13.2 Å². The van der Waals surface area contributed by atoms with Gasteiger partial charge >= 0.3 is 0 Å². The van der Waals surface area contributed by atoms with E-state index in [4.69, 9.17) is 11.6 Å². The molecule has 2 N–H and O–H groups in total. The Kier molecular flexibility index (Phi) is 6.26. The summed E-state index contributed by atoms with van der Waals surface area (Å²) < 4.78 is 25.4. The fourth-order valence-electron chi connectivity index (χ4n) is 2.72. The number of anilines is 2. The Morgan fingerprint density at radius 2 is 1.93 bits per heavy atom. The van der Waals surface area contributed by atoms with Gasteiger partial charge in [-0.2, -0.15) is 0 Å². The van der Waals surface area contributed by atoms with Crippen LogP contribution in [-0.2, 0) is 16.4 Å². The number of hydrogen-bond donors (Lipinski definition) is 2. The van der Waals surface area contributed by atoms with Crippen LogP contribution < -0.4 is 10.0 Å². The third kappa shape index (κ3) is 5.56. The first-order valence-corrected chi connectivity index (χ1v) is 11.8. The maximum atomic E-state index is 12.6. The molecular formula is C20H20ClN3O3S2. The Hall–Kier alpha value is -2.42. The fraction of sp³-hybridized carbons (Fsp3) is 0.200. The van der Waals surface area contributed by atoms with Gasteiger partial charge in [0.05, 0.1) is 11.9 Å². The molecule has 1 heterocycles. The molecule has 29 heavy (non-hydrogen) atoms. The predicted molar refractivity (Wildman–Crippen MR) is 119 cm³/mol. The van der Waals surface area contributed by atoms with Crippen molar-refractivity contribution in [3.8, 4) is 0 Å². The largest absolute Gasteiger partial charge is 0.298 e. The molecule has 0 saturated carbocycles. The van der Waals surface area contributed by atoms with E-state index in [1.165, 1.54) is 17.4 Å². The maximum absolute atomic E-state index is 12.6. The van der Waals surface area contributed by atoms with Gasteiger partial charge in [0, 0.05) is 28.1 Å². The van der Waals surface area contributed by atoms with Crippen molar-refractivity contribution >= 4 is 49.7 Å². The first-order valence-electron chi connectivity index (χ1n) is 8.71. The summed E-state index contributed by atoms with van der Waals surface area (Å²) in [4.78, 5) is 17.8. The zero-order valence-corrected chi connectivity index (χ0v) is 18.5. The van der Waals surface area contributed by atoms with Crippen LogP contribution in [0.5, 0.6) is 0 Å². The first kappa shape index (κ1) is 21.3. The minimum absolute atomic E-state index is 0.334. The molecule has 2 aromatic carbocycles. The van der Waals surface area contributed by atoms with Crippen LogP contribution in [0.25, 0.3) is 0 Å². The third-order valence-corrected chi connectivity index (χ3v) is 6.25. The molecule has 152 valence electrons. The van der Waals surface area contributed by atoms with Gasteiger partial charge in [-0.05, 0) is 42.7 Å². The maximum Gasteiger partial charge on any atom is 0.257 e. The number of nitrogens with one attached hydrogen (secondary N) is 2. The minimum atomic E-state index is -3.44. The number of aromatic nitrogens is 1. The van der Waals surface area contributed by atoms with Crippen molar-refractivity contribution in [1.29, 1.82) is 0 Å². The number of sulfonamides is 1. The van der Waals surface area contributed by atoms with Gasteiger partial charge in [-0.15, -0.1) is 11.3 Å². The molecular weight excluding hydrogens is 430 g/mol. The molecule has 0 saturated heterocycles. The predicted octanol–water partition coefficient (Wildman–Crippen LogP) is 4.63. The van der Waals surface area contributed by atoms with Crippen LogP contribution in [0.3, 0.4) is 0 Å². The second-order valence-electron chi connectivity index (χ2n) is 6.71. The van der Waals surface area contributed by atoms with E-state index < -0.39 is 10.0 Å². The summed E-state index contributed by atoms with van der Waals surface area (Å²) in [5.41, 5.74) is 3.44. The average Bonchev–Trinajstić information content (AvgIpc) is 3.06. The van der Waals surface area contributed by atoms with Crippen molar-refractivity contribution in [2.45, 2.75) is 20.3 Å². The number of halogens is 1. The lowest BCUT2D eigenvalue weighted by Crippen LogP contribution is -2.14. The number of benzene rings is 2. The number of thiazole rings is 1. The highest BCUT2D eigenvalue weighted by molar-refractivity contribution is 7.92. The normalized spacial score (nSPS) is 11.3. The van der Waals surface area contributed by atoms with E-state index in [0.29, 0.717) is 22.8 Å². The number of carbonyl (C=O) groups is 1. The Morgan fingerprint density at radius 1 is 1.17 bits per heavy atom. The monoisotopic (exact) mass is 449 g/mol. The van der Waals surface area contributed by atoms with Gasteiger partial charge in [0.25, 0.3) is 5.91 Å². The standard InChI is InChI=1S/C20H20ClN3O3S2/c1-12-7-8-15(10-17(12)24-29(3,26)27)19(25)23-20-22-11-16(28-20)9-14-6-4-5-13(2)18(14)21/h4-8,10-11,24H,9H2,1-3H3,(H,22,23,25). The van der Waals surface area contributed by atoms with Crippen molar-refractivity contribution in [2.75, 3.05) is 16.3 Å². The van der Waals surface area contributed by atoms with Gasteiger partial charge in [-0.3, -0.25) is 14.8 Å². The molecule has 0 aliphatic rings. The SMILES string of the molecule is Cc1ccc(C(=O)Nc2ncc(Cc3cccc(C)c3Cl)s2)cc1NS(C)(=O)=O. The molecule has 0 aliphatic heterocycles. The zero-order chi connectivity index (χ0) is 21.2. The highest BCUT2D eigenvalue weighted by Gasteiger charge is 2.13. The zero-order valence-electron chi connectivity index (χ0n) is 16.1. The lowest BCUT2D eigenvalue weighted by atomic mass is 10.1. The van der Waals surface area contributed by atoms with Crippen molar-refractivity contribution in [3.63, 3.8) is 0 Å². The second kappa shape index (κ2) is 8.52. The molecule has 9 heteroatoms. The van der Waals surface area contributed by atoms with Gasteiger partial charge in [0.2, 0.25) is 10.0 Å². The Balaban J connectivity index is 1.73. The highest BCUT2D eigenvalue weighted by Crippen LogP contribution is 2.27. The summed E-state index contributed by atoms with van der Waals surface area (Å²) in [7, 11) is -3.44. The lowest BCUT2D eigenvalue weighted by Gasteiger charge is -2.09. The van der Waals surface area contributed by atoms with E-state index in [1.807, 2.05) is 25.1 Å². The van der Waals surface area contributed by atoms with Crippen molar-refractivity contribution in [1.82, 2.24) is 4.98 Å². The summed E-state index contributed by atoms with van der Waals surface area (Å²) in [6.07, 6.45) is 3.41. The number of nitrogens with zero attached hydrogens (tertiary/aromatic N) is 1. The molecule has 1 amide bonds. The molecule has 0 spiro atoms. The Labute approximate surface area is 179 Å². The van der Waals surface area contributed by atoms with E-state index in [1.54, 1.807) is 25.3 Å². The van der Waals surface area contributed by atoms with Gasteiger partial charge in [-0.25, -0.2) is 13.4 Å². The van der Waals surface area contributed by atoms with Crippen molar-refractivity contribution in [2.24, 2.45) is 0 Å². The Bertz CT molecular complexity index is 1170. The topological polar surface area (TPSA) is 88.2 Å². The van der Waals surface area contributed by atoms with Gasteiger partial charge in [0.1, 0.15) is 0 Å². The number of aryl methyl sites for hydroxylation is 2. The van der Waals surface area contributed by atoms with E-state index in [2.05, 4.69) is 15.0 Å². The summed E-state index contributed by atoms with van der Waals surface area (Å²) >= 11 is 7.72. The minimum Gasteiger partial charge on any atom is -0.298 e. The van der Waals surface area contributed by atoms with Crippen LogP contribution in [0, 0.1) is 13.8 Å². The summed E-state index contributed by atoms with van der Waals surface area (Å²) in [5.74, 6) is -0.365. The molecule has 0 unspecified atom stereocenters. The Morgan fingerprint density at radius 3 is 2.66 bits per heavy atom. The van der Waals surface area contributed by atoms with Crippen LogP contribution in [0.2, 0.25) is 5.02 Å². The molecule has 0 radical (unpaired) electrons. The van der Waals surface area contributed by atoms with Crippen LogP contribution in [-0.4, -0.2) is 25.6 Å². The number of hydrogen-bond acceptors (Lipinski definition) is 5. The quantitative estimate of drug-likeness (QED) is 0.574. The van der Waals surface area contributed by atoms with Crippen LogP contribution in [0.1, 0.15) is 31.9 Å². The molecule has 6 nitrogen and oxygen atoms in total. The third-order valence-electron chi connectivity index (χ3n) is 4.21. The summed E-state index contributed by atoms with van der Waals surface area (Å²) in [6, 6.07) is 10.7. The van der Waals surface area contributed by atoms with Gasteiger partial charge < -0.3 is 0 Å². The van der Waals surface area contributed by atoms with Gasteiger partial charge in [-0.1, -0.05) is 35.9 Å². The molecule has 0 atom stereocenters. The van der Waals surface area contributed by atoms with E-state index in [0.717, 1.165) is 32.8 Å². The average molecular weight is 450 g/mol. The molecule has 3 aromatic rings. The molecule has 0 bridgehead atoms. The van der Waals surface area contributed by atoms with Crippen LogP contribution in [0.15, 0.2) is 42.6 Å². The van der Waals surface area contributed by atoms with Crippen molar-refractivity contribution in [3.05, 3.63) is 74.7 Å². The first-order chi connectivity index (χ1) is 13.6. The van der Waals surface area contributed by atoms with Crippen LogP contribution in [0.4, 0.5) is 10.8 Å². The van der Waals surface area contributed by atoms with Gasteiger partial charge in [0.15, 0.2) is 5.13 Å². The highest BCUT2D eigenvalue weighted by atomic mass is 35.5. The van der Waals surface area contributed by atoms with E-state index in [-0.39, 0.29) is 5.91 Å². The number of rotatable bonds is 6. The molecule has 0 fully saturated rings. The smallest absolute Gasteiger partial charge is 0.257 e. The molecule has 3 rings (SSSR count). The second-order valence-corrected chi connectivity index (χ2v) is 9.96. The van der Waals surface area contributed by atoms with E-state index >= 15 is 0 Å². The molecule has 1 aromatic heterocycles. The number of amides is 1. The van der Waals surface area contributed by atoms with E-state index in [9.17, 15) is 13.2 Å². The molecule has 0 aliphatic carbocycles. The summed E-state index contributed by atoms with van der Waals surface area (Å²) in [6.45, 7) is 3.72. The summed E-state index contributed by atoms with van der Waals surface area (Å²) in [5, 5.41) is 3.96. The fourth-order valence-corrected chi connectivity index (χ4v) is 4.36.